The quantitative estimate of drug-likeness (QED) is 0.914. The highest BCUT2D eigenvalue weighted by atomic mass is 32.2. The minimum atomic E-state index is -3.70. The van der Waals surface area contributed by atoms with Gasteiger partial charge in [-0.25, -0.2) is 8.42 Å². The fraction of sp³-hybridized carbons (Fsp3) is 0.438. The van der Waals surface area contributed by atoms with E-state index in [4.69, 9.17) is 4.74 Å². The Morgan fingerprint density at radius 2 is 2.17 bits per heavy atom. The molecule has 0 bridgehead atoms. The molecule has 1 fully saturated rings. The Kier molecular flexibility index (Phi) is 4.37. The van der Waals surface area contributed by atoms with Crippen molar-refractivity contribution in [1.29, 1.82) is 0 Å². The Morgan fingerprint density at radius 1 is 1.39 bits per heavy atom. The van der Waals surface area contributed by atoms with Crippen molar-refractivity contribution in [3.8, 4) is 0 Å². The van der Waals surface area contributed by atoms with Crippen molar-refractivity contribution >= 4 is 20.9 Å². The number of hydrogen-bond donors (Lipinski definition) is 1. The van der Waals surface area contributed by atoms with Crippen molar-refractivity contribution in [3.05, 3.63) is 36.0 Å². The van der Waals surface area contributed by atoms with E-state index in [0.29, 0.717) is 10.9 Å². The highest BCUT2D eigenvalue weighted by Gasteiger charge is 2.36. The first-order valence-corrected chi connectivity index (χ1v) is 8.98. The predicted molar refractivity (Wildman–Crippen MR) is 86.7 cm³/mol. The van der Waals surface area contributed by atoms with Crippen LogP contribution in [0.15, 0.2) is 35.4 Å². The van der Waals surface area contributed by atoms with Crippen LogP contribution < -0.4 is 0 Å². The predicted octanol–water partition coefficient (Wildman–Crippen LogP) is 1.31. The highest BCUT2D eigenvalue weighted by molar-refractivity contribution is 7.89. The maximum atomic E-state index is 13.1. The molecule has 0 saturated carbocycles. The van der Waals surface area contributed by atoms with E-state index < -0.39 is 16.1 Å². The molecule has 7 heteroatoms. The zero-order valence-corrected chi connectivity index (χ0v) is 14.0. The number of benzene rings is 1. The van der Waals surface area contributed by atoms with E-state index in [2.05, 4.69) is 4.98 Å². The summed E-state index contributed by atoms with van der Waals surface area (Å²) in [5.41, 5.74) is 1.62. The number of aliphatic hydroxyl groups is 1. The molecule has 1 aliphatic heterocycles. The molecule has 1 aliphatic rings. The number of sulfonamides is 1. The van der Waals surface area contributed by atoms with Gasteiger partial charge in [-0.1, -0.05) is 6.07 Å². The Labute approximate surface area is 135 Å². The second-order valence-corrected chi connectivity index (χ2v) is 7.70. The van der Waals surface area contributed by atoms with Crippen LogP contribution in [0, 0.1) is 6.92 Å². The number of ether oxygens (including phenoxy) is 1. The molecule has 2 aromatic rings. The molecule has 6 nitrogen and oxygen atoms in total. The maximum absolute atomic E-state index is 13.1. The molecule has 2 heterocycles. The number of fused-ring (bicyclic) bond motifs is 1. The molecule has 0 unspecified atom stereocenters. The molecule has 0 radical (unpaired) electrons. The summed E-state index contributed by atoms with van der Waals surface area (Å²) < 4.78 is 33.1. The summed E-state index contributed by atoms with van der Waals surface area (Å²) in [5.74, 6) is 0. The van der Waals surface area contributed by atoms with Gasteiger partial charge in [0, 0.05) is 24.2 Å². The van der Waals surface area contributed by atoms with Gasteiger partial charge in [0.1, 0.15) is 0 Å². The first kappa shape index (κ1) is 16.3. The number of rotatable bonds is 3. The van der Waals surface area contributed by atoms with Gasteiger partial charge in [-0.15, -0.1) is 0 Å². The zero-order chi connectivity index (χ0) is 16.6. The van der Waals surface area contributed by atoms with E-state index >= 15 is 0 Å². The number of hydrogen-bond acceptors (Lipinski definition) is 5. The number of morpholine rings is 1. The van der Waals surface area contributed by atoms with Crippen molar-refractivity contribution in [2.75, 3.05) is 19.8 Å². The molecule has 1 aromatic carbocycles. The molecule has 0 aliphatic carbocycles. The Balaban J connectivity index is 2.11. The van der Waals surface area contributed by atoms with Gasteiger partial charge in [-0.05, 0) is 37.6 Å². The van der Waals surface area contributed by atoms with Gasteiger partial charge in [0.15, 0.2) is 0 Å². The molecular weight excluding hydrogens is 316 g/mol. The lowest BCUT2D eigenvalue weighted by atomic mass is 10.1. The molecule has 0 spiro atoms. The molecule has 1 aromatic heterocycles. The molecule has 3 rings (SSSR count). The van der Waals surface area contributed by atoms with Crippen molar-refractivity contribution in [2.24, 2.45) is 0 Å². The van der Waals surface area contributed by atoms with Gasteiger partial charge in [0.25, 0.3) is 0 Å². The average molecular weight is 336 g/mol. The van der Waals surface area contributed by atoms with E-state index in [1.807, 2.05) is 6.92 Å². The van der Waals surface area contributed by atoms with Gasteiger partial charge >= 0.3 is 0 Å². The molecule has 1 saturated heterocycles. The Hall–Kier alpha value is -1.54. The fourth-order valence-electron chi connectivity index (χ4n) is 2.88. The van der Waals surface area contributed by atoms with Crippen LogP contribution >= 0.6 is 0 Å². The molecule has 23 heavy (non-hydrogen) atoms. The summed E-state index contributed by atoms with van der Waals surface area (Å²) in [7, 11) is -3.70. The van der Waals surface area contributed by atoms with Gasteiger partial charge in [0.2, 0.25) is 10.0 Å². The first-order valence-electron chi connectivity index (χ1n) is 7.53. The van der Waals surface area contributed by atoms with Crippen molar-refractivity contribution < 1.29 is 18.3 Å². The van der Waals surface area contributed by atoms with E-state index in [1.54, 1.807) is 37.4 Å². The number of nitrogens with zero attached hydrogens (tertiary/aromatic N) is 2. The van der Waals surface area contributed by atoms with E-state index in [1.165, 1.54) is 4.31 Å². The third-order valence-electron chi connectivity index (χ3n) is 4.17. The minimum Gasteiger partial charge on any atom is -0.394 e. The van der Waals surface area contributed by atoms with Crippen LogP contribution in [0.2, 0.25) is 0 Å². The zero-order valence-electron chi connectivity index (χ0n) is 13.1. The van der Waals surface area contributed by atoms with Crippen LogP contribution in [0.3, 0.4) is 0 Å². The lowest BCUT2D eigenvalue weighted by Gasteiger charge is -2.36. The number of aromatic nitrogens is 1. The summed E-state index contributed by atoms with van der Waals surface area (Å²) in [6.45, 7) is 3.93. The van der Waals surface area contributed by atoms with Crippen LogP contribution in [0.5, 0.6) is 0 Å². The van der Waals surface area contributed by atoms with Gasteiger partial charge in [-0.3, -0.25) is 4.98 Å². The second kappa shape index (κ2) is 6.16. The maximum Gasteiger partial charge on any atom is 0.244 e. The summed E-state index contributed by atoms with van der Waals surface area (Å²) in [4.78, 5) is 4.55. The van der Waals surface area contributed by atoms with Crippen molar-refractivity contribution in [1.82, 2.24) is 9.29 Å². The monoisotopic (exact) mass is 336 g/mol. The van der Waals surface area contributed by atoms with Crippen molar-refractivity contribution in [2.45, 2.75) is 30.9 Å². The standard InChI is InChI=1S/C16H20N2O4S/c1-11-5-6-15(14-4-3-7-17-16(11)14)23(20,21)18-8-13(9-19)22-10-12(18)2/h3-7,12-13,19H,8-10H2,1-2H3/t12-,13-/m1/s1. The highest BCUT2D eigenvalue weighted by Crippen LogP contribution is 2.29. The SMILES string of the molecule is Cc1ccc(S(=O)(=O)N2C[C@H](CO)OC[C@H]2C)c2cccnc12. The third-order valence-corrected chi connectivity index (χ3v) is 6.21. The lowest BCUT2D eigenvalue weighted by molar-refractivity contribution is -0.0516. The first-order chi connectivity index (χ1) is 10.9. The molecule has 1 N–H and O–H groups in total. The molecule has 0 amide bonds. The molecule has 2 atom stereocenters. The van der Waals surface area contributed by atoms with E-state index in [-0.39, 0.29) is 30.7 Å². The fourth-order valence-corrected chi connectivity index (χ4v) is 4.71. The minimum absolute atomic E-state index is 0.148. The van der Waals surface area contributed by atoms with Crippen molar-refractivity contribution in [3.63, 3.8) is 0 Å². The number of aliphatic hydroxyl groups excluding tert-OH is 1. The van der Waals surface area contributed by atoms with Crippen LogP contribution in [-0.4, -0.2) is 54.7 Å². The van der Waals surface area contributed by atoms with E-state index in [9.17, 15) is 13.5 Å². The summed E-state index contributed by atoms with van der Waals surface area (Å²) >= 11 is 0. The number of aryl methyl sites for hydroxylation is 1. The smallest absolute Gasteiger partial charge is 0.244 e. The number of pyridine rings is 1. The lowest BCUT2D eigenvalue weighted by Crippen LogP contribution is -2.51. The van der Waals surface area contributed by atoms with Gasteiger partial charge in [-0.2, -0.15) is 4.31 Å². The van der Waals surface area contributed by atoms with Crippen LogP contribution in [-0.2, 0) is 14.8 Å². The summed E-state index contributed by atoms with van der Waals surface area (Å²) in [5, 5.41) is 9.90. The molecular formula is C16H20N2O4S. The summed E-state index contributed by atoms with van der Waals surface area (Å²) in [6, 6.07) is 6.63. The van der Waals surface area contributed by atoms with Gasteiger partial charge in [0.05, 0.1) is 29.7 Å². The van der Waals surface area contributed by atoms with E-state index in [0.717, 1.165) is 5.56 Å². The topological polar surface area (TPSA) is 79.7 Å². The third kappa shape index (κ3) is 2.85. The van der Waals surface area contributed by atoms with Crippen LogP contribution in [0.25, 0.3) is 10.9 Å². The normalized spacial score (nSPS) is 23.3. The van der Waals surface area contributed by atoms with Crippen LogP contribution in [0.1, 0.15) is 12.5 Å². The Bertz CT molecular complexity index is 822. The Morgan fingerprint density at radius 3 is 2.91 bits per heavy atom. The van der Waals surface area contributed by atoms with Gasteiger partial charge < -0.3 is 9.84 Å². The van der Waals surface area contributed by atoms with Crippen LogP contribution in [0.4, 0.5) is 0 Å². The molecule has 124 valence electrons. The second-order valence-electron chi connectivity index (χ2n) is 5.84. The summed E-state index contributed by atoms with van der Waals surface area (Å²) in [6.07, 6.45) is 1.17. The largest absolute Gasteiger partial charge is 0.394 e. The average Bonchev–Trinajstić information content (AvgIpc) is 2.55.